The minimum atomic E-state index is -0.894. The van der Waals surface area contributed by atoms with Gasteiger partial charge in [-0.1, -0.05) is 6.92 Å². The Labute approximate surface area is 115 Å². The number of amides is 1. The average molecular weight is 270 g/mol. The predicted octanol–water partition coefficient (Wildman–Crippen LogP) is 1.43. The molecule has 1 N–H and O–H groups in total. The van der Waals surface area contributed by atoms with Crippen molar-refractivity contribution in [3.05, 3.63) is 0 Å². The molecule has 1 heterocycles. The summed E-state index contributed by atoms with van der Waals surface area (Å²) >= 11 is 0. The predicted molar refractivity (Wildman–Crippen MR) is 73.9 cm³/mol. The molecule has 0 atom stereocenters. The molecule has 0 radical (unpaired) electrons. The zero-order valence-electron chi connectivity index (χ0n) is 12.5. The maximum atomic E-state index is 12.2. The van der Waals surface area contributed by atoms with Gasteiger partial charge in [0.25, 0.3) is 0 Å². The van der Waals surface area contributed by atoms with Gasteiger partial charge in [0.05, 0.1) is 13.1 Å². The summed E-state index contributed by atoms with van der Waals surface area (Å²) in [5, 5.41) is 8.94. The van der Waals surface area contributed by atoms with E-state index in [1.807, 2.05) is 25.7 Å². The molecule has 0 bridgehead atoms. The van der Waals surface area contributed by atoms with Gasteiger partial charge in [0.2, 0.25) is 5.91 Å². The van der Waals surface area contributed by atoms with Gasteiger partial charge in [0.1, 0.15) is 0 Å². The largest absolute Gasteiger partial charge is 0.480 e. The lowest BCUT2D eigenvalue weighted by Crippen LogP contribution is -2.51. The maximum Gasteiger partial charge on any atom is 0.317 e. The minimum absolute atomic E-state index is 0.0445. The first-order valence-electron chi connectivity index (χ1n) is 6.94. The number of piperidine rings is 1. The van der Waals surface area contributed by atoms with Crippen LogP contribution >= 0.6 is 0 Å². The van der Waals surface area contributed by atoms with Gasteiger partial charge in [-0.25, -0.2) is 0 Å². The molecule has 0 aromatic rings. The zero-order valence-corrected chi connectivity index (χ0v) is 12.5. The number of likely N-dealkylation sites (tertiary alicyclic amines) is 1. The Morgan fingerprint density at radius 2 is 1.74 bits per heavy atom. The van der Waals surface area contributed by atoms with Crippen LogP contribution in [0, 0.1) is 5.92 Å². The van der Waals surface area contributed by atoms with Crippen molar-refractivity contribution >= 4 is 11.9 Å². The summed E-state index contributed by atoms with van der Waals surface area (Å²) in [5.74, 6) is -0.167. The Balaban J connectivity index is 2.58. The highest BCUT2D eigenvalue weighted by Gasteiger charge is 2.28. The van der Waals surface area contributed by atoms with Gasteiger partial charge in [-0.3, -0.25) is 14.5 Å². The lowest BCUT2D eigenvalue weighted by atomic mass is 9.99. The zero-order chi connectivity index (χ0) is 14.6. The minimum Gasteiger partial charge on any atom is -0.480 e. The van der Waals surface area contributed by atoms with E-state index < -0.39 is 5.97 Å². The normalized spacial score (nSPS) is 17.8. The molecule has 1 aliphatic rings. The van der Waals surface area contributed by atoms with Crippen LogP contribution in [0.25, 0.3) is 0 Å². The van der Waals surface area contributed by atoms with Gasteiger partial charge in [-0.15, -0.1) is 0 Å². The van der Waals surface area contributed by atoms with E-state index in [0.717, 1.165) is 25.9 Å². The van der Waals surface area contributed by atoms with Crippen LogP contribution in [0.3, 0.4) is 0 Å². The first-order valence-corrected chi connectivity index (χ1v) is 6.94. The van der Waals surface area contributed by atoms with E-state index in [0.29, 0.717) is 5.92 Å². The number of aliphatic carboxylic acids is 1. The molecule has 1 aliphatic heterocycles. The summed E-state index contributed by atoms with van der Waals surface area (Å²) in [6, 6.07) is 0. The van der Waals surface area contributed by atoms with Gasteiger partial charge in [-0.2, -0.15) is 0 Å². The second-order valence-electron chi connectivity index (χ2n) is 6.48. The van der Waals surface area contributed by atoms with Crippen molar-refractivity contribution in [3.8, 4) is 0 Å². The Bertz CT molecular complexity index is 328. The summed E-state index contributed by atoms with van der Waals surface area (Å²) < 4.78 is 0. The van der Waals surface area contributed by atoms with Gasteiger partial charge in [0.15, 0.2) is 0 Å². The van der Waals surface area contributed by atoms with Crippen molar-refractivity contribution in [2.24, 2.45) is 5.92 Å². The first-order chi connectivity index (χ1) is 8.70. The Morgan fingerprint density at radius 1 is 1.21 bits per heavy atom. The highest BCUT2D eigenvalue weighted by atomic mass is 16.4. The lowest BCUT2D eigenvalue weighted by Gasteiger charge is -2.37. The van der Waals surface area contributed by atoms with Gasteiger partial charge < -0.3 is 10.0 Å². The molecule has 5 heteroatoms. The number of carboxylic acids is 1. The van der Waals surface area contributed by atoms with Crippen LogP contribution in [0.5, 0.6) is 0 Å². The summed E-state index contributed by atoms with van der Waals surface area (Å²) in [5.41, 5.74) is -0.322. The van der Waals surface area contributed by atoms with E-state index in [4.69, 9.17) is 5.11 Å². The third-order valence-corrected chi connectivity index (χ3v) is 3.74. The van der Waals surface area contributed by atoms with E-state index in [2.05, 4.69) is 6.92 Å². The number of carboxylic acid groups (broad SMARTS) is 1. The maximum absolute atomic E-state index is 12.2. The van der Waals surface area contributed by atoms with Crippen LogP contribution in [-0.2, 0) is 9.59 Å². The van der Waals surface area contributed by atoms with Crippen molar-refractivity contribution in [2.75, 3.05) is 26.2 Å². The number of nitrogens with zero attached hydrogens (tertiary/aromatic N) is 2. The highest BCUT2D eigenvalue weighted by Crippen LogP contribution is 2.18. The fourth-order valence-electron chi connectivity index (χ4n) is 2.21. The van der Waals surface area contributed by atoms with Crippen molar-refractivity contribution in [2.45, 2.75) is 46.1 Å². The molecule has 0 aromatic heterocycles. The molecule has 0 aliphatic carbocycles. The molecule has 1 rings (SSSR count). The van der Waals surface area contributed by atoms with E-state index >= 15 is 0 Å². The van der Waals surface area contributed by atoms with Crippen LogP contribution in [0.15, 0.2) is 0 Å². The van der Waals surface area contributed by atoms with Gasteiger partial charge >= 0.3 is 5.97 Å². The molecule has 0 aromatic carbocycles. The van der Waals surface area contributed by atoms with Crippen molar-refractivity contribution < 1.29 is 14.7 Å². The van der Waals surface area contributed by atoms with Gasteiger partial charge in [0, 0.05) is 18.6 Å². The molecule has 0 spiro atoms. The van der Waals surface area contributed by atoms with Crippen LogP contribution in [0.1, 0.15) is 40.5 Å². The molecule has 1 amide bonds. The Morgan fingerprint density at radius 3 is 2.16 bits per heavy atom. The molecule has 19 heavy (non-hydrogen) atoms. The SMILES string of the molecule is CC1CCN(C(=O)CN(CC(=O)O)C(C)(C)C)CC1. The summed E-state index contributed by atoms with van der Waals surface area (Å²) in [7, 11) is 0. The lowest BCUT2D eigenvalue weighted by molar-refractivity contribution is -0.142. The summed E-state index contributed by atoms with van der Waals surface area (Å²) in [6.45, 7) is 9.68. The highest BCUT2D eigenvalue weighted by molar-refractivity contribution is 5.79. The Hall–Kier alpha value is -1.10. The monoisotopic (exact) mass is 270 g/mol. The fourth-order valence-corrected chi connectivity index (χ4v) is 2.21. The molecule has 110 valence electrons. The quantitative estimate of drug-likeness (QED) is 0.839. The molecule has 1 fully saturated rings. The van der Waals surface area contributed by atoms with Crippen LogP contribution in [-0.4, -0.2) is 58.5 Å². The van der Waals surface area contributed by atoms with E-state index in [1.165, 1.54) is 0 Å². The second-order valence-corrected chi connectivity index (χ2v) is 6.48. The number of carbonyl (C=O) groups excluding carboxylic acids is 1. The summed E-state index contributed by atoms with van der Waals surface area (Å²) in [4.78, 5) is 26.7. The Kier molecular flexibility index (Phi) is 5.35. The van der Waals surface area contributed by atoms with Gasteiger partial charge in [-0.05, 0) is 39.5 Å². The van der Waals surface area contributed by atoms with Crippen LogP contribution in [0.4, 0.5) is 0 Å². The smallest absolute Gasteiger partial charge is 0.317 e. The summed E-state index contributed by atoms with van der Waals surface area (Å²) in [6.07, 6.45) is 2.08. The van der Waals surface area contributed by atoms with Crippen molar-refractivity contribution in [1.29, 1.82) is 0 Å². The molecule has 0 saturated carbocycles. The topological polar surface area (TPSA) is 60.9 Å². The number of rotatable bonds is 4. The van der Waals surface area contributed by atoms with E-state index in [1.54, 1.807) is 4.90 Å². The van der Waals surface area contributed by atoms with E-state index in [9.17, 15) is 9.59 Å². The molecule has 1 saturated heterocycles. The number of hydrogen-bond acceptors (Lipinski definition) is 3. The molecule has 0 unspecified atom stereocenters. The molecular weight excluding hydrogens is 244 g/mol. The second kappa shape index (κ2) is 6.37. The fraction of sp³-hybridized carbons (Fsp3) is 0.857. The molecule has 5 nitrogen and oxygen atoms in total. The molecular formula is C14H26N2O3. The average Bonchev–Trinajstić information content (AvgIpc) is 2.27. The van der Waals surface area contributed by atoms with Crippen LogP contribution in [0.2, 0.25) is 0 Å². The number of carbonyl (C=O) groups is 2. The van der Waals surface area contributed by atoms with Crippen LogP contribution < -0.4 is 0 Å². The first kappa shape index (κ1) is 16.0. The third kappa shape index (κ3) is 5.19. The van der Waals surface area contributed by atoms with Crippen molar-refractivity contribution in [1.82, 2.24) is 9.80 Å². The third-order valence-electron chi connectivity index (χ3n) is 3.74. The van der Waals surface area contributed by atoms with Crippen molar-refractivity contribution in [3.63, 3.8) is 0 Å². The van der Waals surface area contributed by atoms with E-state index in [-0.39, 0.29) is 24.5 Å². The number of hydrogen-bond donors (Lipinski definition) is 1. The standard InChI is InChI=1S/C14H26N2O3/c1-11-5-7-15(8-6-11)12(17)9-16(10-13(18)19)14(2,3)4/h11H,5-10H2,1-4H3,(H,18,19).